The zero-order valence-corrected chi connectivity index (χ0v) is 14.8. The predicted octanol–water partition coefficient (Wildman–Crippen LogP) is 2.58. The van der Waals surface area contributed by atoms with Crippen LogP contribution in [0.15, 0.2) is 10.6 Å². The van der Waals surface area contributed by atoms with E-state index in [1.54, 1.807) is 13.0 Å². The summed E-state index contributed by atoms with van der Waals surface area (Å²) in [4.78, 5) is 29.1. The molecule has 0 aliphatic rings. The summed E-state index contributed by atoms with van der Waals surface area (Å²) < 4.78 is 9.99. The van der Waals surface area contributed by atoms with Crippen LogP contribution in [0.1, 0.15) is 55.4 Å². The Morgan fingerprint density at radius 3 is 2.46 bits per heavy atom. The molecule has 2 heterocycles. The van der Waals surface area contributed by atoms with E-state index >= 15 is 0 Å². The van der Waals surface area contributed by atoms with Crippen molar-refractivity contribution in [2.24, 2.45) is 5.92 Å². The maximum atomic E-state index is 12.8. The Kier molecular flexibility index (Phi) is 5.21. The van der Waals surface area contributed by atoms with Crippen LogP contribution in [-0.2, 0) is 9.53 Å². The summed E-state index contributed by atoms with van der Waals surface area (Å²) >= 11 is 0. The molecule has 2 aromatic rings. The van der Waals surface area contributed by atoms with Gasteiger partial charge in [0.05, 0.1) is 23.8 Å². The third-order valence-corrected chi connectivity index (χ3v) is 3.88. The van der Waals surface area contributed by atoms with Crippen LogP contribution in [0.4, 0.5) is 0 Å². The van der Waals surface area contributed by atoms with E-state index in [4.69, 9.17) is 9.26 Å². The van der Waals surface area contributed by atoms with Crippen molar-refractivity contribution in [2.45, 2.75) is 46.6 Å². The molecule has 0 saturated carbocycles. The number of amides is 1. The Hall–Kier alpha value is -2.44. The number of esters is 1. The number of carbonyl (C=O) groups excluding carboxylic acids is 2. The first-order valence-corrected chi connectivity index (χ1v) is 7.91. The molecule has 0 radical (unpaired) electrons. The van der Waals surface area contributed by atoms with Crippen LogP contribution in [0.3, 0.4) is 0 Å². The van der Waals surface area contributed by atoms with Gasteiger partial charge in [0.2, 0.25) is 0 Å². The average molecular weight is 333 g/mol. The zero-order chi connectivity index (χ0) is 18.0. The van der Waals surface area contributed by atoms with Gasteiger partial charge in [0, 0.05) is 5.69 Å². The van der Waals surface area contributed by atoms with Crippen molar-refractivity contribution in [1.82, 2.24) is 15.5 Å². The van der Waals surface area contributed by atoms with Crippen LogP contribution in [-0.4, -0.2) is 35.2 Å². The molecule has 0 aliphatic carbocycles. The summed E-state index contributed by atoms with van der Waals surface area (Å²) in [6, 6.07) is 0.995. The van der Waals surface area contributed by atoms with Crippen molar-refractivity contribution in [2.75, 3.05) is 7.11 Å². The van der Waals surface area contributed by atoms with Gasteiger partial charge in [0.15, 0.2) is 0 Å². The summed E-state index contributed by atoms with van der Waals surface area (Å²) in [5.41, 5.74) is 2.03. The van der Waals surface area contributed by atoms with Crippen molar-refractivity contribution in [1.29, 1.82) is 0 Å². The fourth-order valence-corrected chi connectivity index (χ4v) is 2.43. The number of rotatable bonds is 5. The van der Waals surface area contributed by atoms with Crippen LogP contribution in [0, 0.1) is 12.8 Å². The van der Waals surface area contributed by atoms with Crippen molar-refractivity contribution in [3.8, 4) is 0 Å². The molecule has 0 spiro atoms. The molecule has 1 atom stereocenters. The number of carbonyl (C=O) groups is 2. The lowest BCUT2D eigenvalue weighted by Crippen LogP contribution is -2.45. The molecule has 1 unspecified atom stereocenters. The lowest BCUT2D eigenvalue weighted by Gasteiger charge is -2.20. The van der Waals surface area contributed by atoms with Gasteiger partial charge in [-0.15, -0.1) is 0 Å². The van der Waals surface area contributed by atoms with Gasteiger partial charge in [-0.2, -0.15) is 0 Å². The Labute approximate surface area is 140 Å². The summed E-state index contributed by atoms with van der Waals surface area (Å²) in [5, 5.41) is 7.20. The third-order valence-electron chi connectivity index (χ3n) is 3.88. The quantitative estimate of drug-likeness (QED) is 0.845. The Morgan fingerprint density at radius 2 is 1.92 bits per heavy atom. The largest absolute Gasteiger partial charge is 0.467 e. The van der Waals surface area contributed by atoms with E-state index in [2.05, 4.69) is 15.5 Å². The van der Waals surface area contributed by atoms with Crippen molar-refractivity contribution >= 4 is 23.0 Å². The van der Waals surface area contributed by atoms with Crippen molar-refractivity contribution in [3.05, 3.63) is 23.0 Å². The van der Waals surface area contributed by atoms with Crippen molar-refractivity contribution in [3.63, 3.8) is 0 Å². The van der Waals surface area contributed by atoms with Gasteiger partial charge in [-0.25, -0.2) is 9.78 Å². The number of hydrogen-bond acceptors (Lipinski definition) is 6. The molecule has 0 saturated heterocycles. The second-order valence-corrected chi connectivity index (χ2v) is 6.42. The highest BCUT2D eigenvalue weighted by Gasteiger charge is 2.27. The molecule has 7 heteroatoms. The fraction of sp³-hybridized carbons (Fsp3) is 0.529. The number of nitrogens with zero attached hydrogens (tertiary/aromatic N) is 2. The first-order valence-electron chi connectivity index (χ1n) is 7.91. The molecule has 0 aromatic carbocycles. The molecule has 0 fully saturated rings. The highest BCUT2D eigenvalue weighted by atomic mass is 16.5. The van der Waals surface area contributed by atoms with Crippen LogP contribution < -0.4 is 5.32 Å². The standard InChI is InChI=1S/C17H23N3O4/c1-8(2)12-7-11(13-10(5)20-24-16(13)18-12)15(21)19-14(9(3)4)17(22)23-6/h7-9,14H,1-6H3,(H,19,21). The summed E-state index contributed by atoms with van der Waals surface area (Å²) in [5.74, 6) is -0.839. The molecular formula is C17H23N3O4. The van der Waals surface area contributed by atoms with Gasteiger partial charge in [-0.05, 0) is 24.8 Å². The summed E-state index contributed by atoms with van der Waals surface area (Å²) in [6.07, 6.45) is 0. The van der Waals surface area contributed by atoms with Crippen LogP contribution in [0.25, 0.3) is 11.1 Å². The summed E-state index contributed by atoms with van der Waals surface area (Å²) in [6.45, 7) is 9.39. The molecule has 2 rings (SSSR count). The lowest BCUT2D eigenvalue weighted by molar-refractivity contribution is -0.144. The SMILES string of the molecule is COC(=O)C(NC(=O)c1cc(C(C)C)nc2onc(C)c12)C(C)C. The minimum absolute atomic E-state index is 0.105. The minimum Gasteiger partial charge on any atom is -0.467 e. The first-order chi connectivity index (χ1) is 11.3. The van der Waals surface area contributed by atoms with Gasteiger partial charge in [-0.1, -0.05) is 32.9 Å². The minimum atomic E-state index is -0.728. The maximum absolute atomic E-state index is 12.8. The van der Waals surface area contributed by atoms with E-state index < -0.39 is 12.0 Å². The van der Waals surface area contributed by atoms with E-state index in [1.165, 1.54) is 7.11 Å². The number of hydrogen-bond donors (Lipinski definition) is 1. The number of aromatic nitrogens is 2. The molecule has 1 N–H and O–H groups in total. The second kappa shape index (κ2) is 6.98. The molecule has 0 aliphatic heterocycles. The number of pyridine rings is 1. The smallest absolute Gasteiger partial charge is 0.328 e. The molecule has 0 bridgehead atoms. The molecule has 1 amide bonds. The van der Waals surface area contributed by atoms with E-state index in [0.29, 0.717) is 22.4 Å². The Bertz CT molecular complexity index is 765. The van der Waals surface area contributed by atoms with Gasteiger partial charge in [0.25, 0.3) is 11.6 Å². The van der Waals surface area contributed by atoms with E-state index in [-0.39, 0.29) is 17.7 Å². The number of nitrogens with one attached hydrogen (secondary N) is 1. The van der Waals surface area contributed by atoms with E-state index in [9.17, 15) is 9.59 Å². The number of aryl methyl sites for hydroxylation is 1. The average Bonchev–Trinajstić information content (AvgIpc) is 2.91. The highest BCUT2D eigenvalue weighted by Crippen LogP contribution is 2.25. The van der Waals surface area contributed by atoms with Gasteiger partial charge >= 0.3 is 5.97 Å². The third kappa shape index (κ3) is 3.39. The van der Waals surface area contributed by atoms with Gasteiger partial charge in [-0.3, -0.25) is 4.79 Å². The van der Waals surface area contributed by atoms with Crippen LogP contribution in [0.5, 0.6) is 0 Å². The zero-order valence-electron chi connectivity index (χ0n) is 14.8. The highest BCUT2D eigenvalue weighted by molar-refractivity contribution is 6.07. The monoisotopic (exact) mass is 333 g/mol. The van der Waals surface area contributed by atoms with E-state index in [1.807, 2.05) is 27.7 Å². The van der Waals surface area contributed by atoms with Crippen LogP contribution >= 0.6 is 0 Å². The maximum Gasteiger partial charge on any atom is 0.328 e. The normalized spacial score (nSPS) is 12.7. The predicted molar refractivity (Wildman–Crippen MR) is 88.7 cm³/mol. The Morgan fingerprint density at radius 1 is 1.25 bits per heavy atom. The van der Waals surface area contributed by atoms with E-state index in [0.717, 1.165) is 5.69 Å². The van der Waals surface area contributed by atoms with Gasteiger partial charge in [0.1, 0.15) is 6.04 Å². The molecule has 7 nitrogen and oxygen atoms in total. The fourth-order valence-electron chi connectivity index (χ4n) is 2.43. The number of methoxy groups -OCH3 is 1. The number of fused-ring (bicyclic) bond motifs is 1. The summed E-state index contributed by atoms with van der Waals surface area (Å²) in [7, 11) is 1.30. The lowest BCUT2D eigenvalue weighted by atomic mass is 10.0. The Balaban J connectivity index is 2.48. The van der Waals surface area contributed by atoms with Crippen molar-refractivity contribution < 1.29 is 18.8 Å². The molecule has 130 valence electrons. The molecular weight excluding hydrogens is 310 g/mol. The molecule has 2 aromatic heterocycles. The number of ether oxygens (including phenoxy) is 1. The van der Waals surface area contributed by atoms with Crippen LogP contribution in [0.2, 0.25) is 0 Å². The first kappa shape index (κ1) is 17.9. The molecule has 24 heavy (non-hydrogen) atoms. The van der Waals surface area contributed by atoms with Gasteiger partial charge < -0.3 is 14.6 Å². The second-order valence-electron chi connectivity index (χ2n) is 6.42. The topological polar surface area (TPSA) is 94.3 Å².